The number of unbranched alkanes of at least 4 members (excludes halogenated alkanes) is 2. The highest BCUT2D eigenvalue weighted by Crippen LogP contribution is 2.35. The van der Waals surface area contributed by atoms with Crippen LogP contribution < -0.4 is 22.5 Å². The number of carbonyl (C=O) groups excluding carboxylic acids is 2. The average molecular weight is 270 g/mol. The SMILES string of the molecule is CCCCCNc1sc(C(N)=O)c(N)c1C(N)=O. The lowest BCUT2D eigenvalue weighted by molar-refractivity contribution is 0.0999. The number of nitrogens with two attached hydrogens (primary N) is 3. The van der Waals surface area contributed by atoms with Crippen molar-refractivity contribution in [1.82, 2.24) is 0 Å². The van der Waals surface area contributed by atoms with Gasteiger partial charge in [-0.2, -0.15) is 0 Å². The van der Waals surface area contributed by atoms with Gasteiger partial charge in [0.25, 0.3) is 11.8 Å². The quantitative estimate of drug-likeness (QED) is 0.554. The third-order valence-electron chi connectivity index (χ3n) is 2.48. The fraction of sp³-hybridized carbons (Fsp3) is 0.455. The van der Waals surface area contributed by atoms with Gasteiger partial charge in [-0.05, 0) is 6.42 Å². The Labute approximate surface area is 110 Å². The lowest BCUT2D eigenvalue weighted by atomic mass is 10.2. The Morgan fingerprint density at radius 1 is 1.22 bits per heavy atom. The summed E-state index contributed by atoms with van der Waals surface area (Å²) in [4.78, 5) is 22.7. The predicted octanol–water partition coefficient (Wildman–Crippen LogP) is 1.13. The molecule has 0 aliphatic carbocycles. The van der Waals surface area contributed by atoms with E-state index in [0.29, 0.717) is 11.5 Å². The van der Waals surface area contributed by atoms with Crippen molar-refractivity contribution in [2.24, 2.45) is 11.5 Å². The van der Waals surface area contributed by atoms with Crippen LogP contribution in [0.4, 0.5) is 10.7 Å². The van der Waals surface area contributed by atoms with Crippen LogP contribution in [0.1, 0.15) is 46.2 Å². The molecule has 0 aliphatic heterocycles. The second-order valence-corrected chi connectivity index (χ2v) is 4.93. The smallest absolute Gasteiger partial charge is 0.260 e. The molecule has 7 heteroatoms. The molecule has 0 aliphatic rings. The molecule has 0 aromatic carbocycles. The molecule has 0 radical (unpaired) electrons. The van der Waals surface area contributed by atoms with Crippen LogP contribution in [0.5, 0.6) is 0 Å². The summed E-state index contributed by atoms with van der Waals surface area (Å²) in [7, 11) is 0. The van der Waals surface area contributed by atoms with Gasteiger partial charge in [-0.1, -0.05) is 19.8 Å². The van der Waals surface area contributed by atoms with Crippen LogP contribution in [0.3, 0.4) is 0 Å². The molecule has 18 heavy (non-hydrogen) atoms. The molecule has 1 heterocycles. The maximum atomic E-state index is 11.3. The second-order valence-electron chi connectivity index (χ2n) is 3.91. The molecule has 6 nitrogen and oxygen atoms in total. The number of nitrogens with one attached hydrogen (secondary N) is 1. The summed E-state index contributed by atoms with van der Waals surface area (Å²) < 4.78 is 0. The first-order valence-corrected chi connectivity index (χ1v) is 6.56. The molecule has 1 aromatic rings. The van der Waals surface area contributed by atoms with E-state index in [0.717, 1.165) is 30.6 Å². The van der Waals surface area contributed by atoms with Crippen molar-refractivity contribution in [2.45, 2.75) is 26.2 Å². The lowest BCUT2D eigenvalue weighted by Gasteiger charge is -2.04. The van der Waals surface area contributed by atoms with Crippen molar-refractivity contribution < 1.29 is 9.59 Å². The Morgan fingerprint density at radius 3 is 2.39 bits per heavy atom. The topological polar surface area (TPSA) is 124 Å². The normalized spacial score (nSPS) is 10.3. The zero-order valence-electron chi connectivity index (χ0n) is 10.3. The highest BCUT2D eigenvalue weighted by Gasteiger charge is 2.22. The summed E-state index contributed by atoms with van der Waals surface area (Å²) in [6.07, 6.45) is 3.16. The van der Waals surface area contributed by atoms with E-state index < -0.39 is 11.8 Å². The van der Waals surface area contributed by atoms with Crippen molar-refractivity contribution >= 4 is 33.8 Å². The molecule has 0 unspecified atom stereocenters. The number of primary amides is 2. The largest absolute Gasteiger partial charge is 0.397 e. The molecule has 0 bridgehead atoms. The zero-order valence-corrected chi connectivity index (χ0v) is 11.1. The Morgan fingerprint density at radius 2 is 1.89 bits per heavy atom. The molecular weight excluding hydrogens is 252 g/mol. The number of nitrogen functional groups attached to an aromatic ring is 1. The molecule has 2 amide bonds. The van der Waals surface area contributed by atoms with Crippen molar-refractivity contribution in [1.29, 1.82) is 0 Å². The summed E-state index contributed by atoms with van der Waals surface area (Å²) in [5.41, 5.74) is 16.4. The number of carbonyl (C=O) groups is 2. The van der Waals surface area contributed by atoms with Crippen LogP contribution in [0.25, 0.3) is 0 Å². The molecule has 1 aromatic heterocycles. The standard InChI is InChI=1S/C11H18N4O2S/c1-2-3-4-5-15-11-6(9(13)16)7(12)8(18-11)10(14)17/h15H,2-5,12H2,1H3,(H2,13,16)(H2,14,17). The molecule has 0 spiro atoms. The number of hydrogen-bond acceptors (Lipinski definition) is 5. The summed E-state index contributed by atoms with van der Waals surface area (Å²) >= 11 is 1.07. The highest BCUT2D eigenvalue weighted by molar-refractivity contribution is 7.19. The molecule has 0 saturated carbocycles. The van der Waals surface area contributed by atoms with E-state index in [4.69, 9.17) is 17.2 Å². The predicted molar refractivity (Wildman–Crippen MR) is 73.8 cm³/mol. The fourth-order valence-electron chi connectivity index (χ4n) is 1.57. The first kappa shape index (κ1) is 14.3. The molecule has 0 atom stereocenters. The number of thiophene rings is 1. The van der Waals surface area contributed by atoms with Crippen LogP contribution in [-0.2, 0) is 0 Å². The highest BCUT2D eigenvalue weighted by atomic mass is 32.1. The monoisotopic (exact) mass is 270 g/mol. The van der Waals surface area contributed by atoms with Crippen LogP contribution in [0.2, 0.25) is 0 Å². The minimum absolute atomic E-state index is 0.0676. The Bertz CT molecular complexity index is 456. The van der Waals surface area contributed by atoms with Gasteiger partial charge in [-0.3, -0.25) is 9.59 Å². The number of anilines is 2. The number of rotatable bonds is 7. The Hall–Kier alpha value is -1.76. The van der Waals surface area contributed by atoms with Gasteiger partial charge in [0.05, 0.1) is 11.3 Å². The summed E-state index contributed by atoms with van der Waals surface area (Å²) in [5, 5.41) is 3.59. The van der Waals surface area contributed by atoms with E-state index in [2.05, 4.69) is 12.2 Å². The Balaban J connectivity index is 2.92. The van der Waals surface area contributed by atoms with Crippen LogP contribution in [0, 0.1) is 0 Å². The van der Waals surface area contributed by atoms with Gasteiger partial charge in [0, 0.05) is 6.54 Å². The van der Waals surface area contributed by atoms with E-state index in [1.807, 2.05) is 0 Å². The van der Waals surface area contributed by atoms with Gasteiger partial charge in [0.15, 0.2) is 0 Å². The van der Waals surface area contributed by atoms with Gasteiger partial charge < -0.3 is 22.5 Å². The average Bonchev–Trinajstić information content (AvgIpc) is 2.62. The van der Waals surface area contributed by atoms with Crippen molar-refractivity contribution in [2.75, 3.05) is 17.6 Å². The maximum absolute atomic E-state index is 11.3. The van der Waals surface area contributed by atoms with Gasteiger partial charge in [0.1, 0.15) is 9.88 Å². The van der Waals surface area contributed by atoms with E-state index in [9.17, 15) is 9.59 Å². The molecule has 1 rings (SSSR count). The first-order valence-electron chi connectivity index (χ1n) is 5.74. The minimum Gasteiger partial charge on any atom is -0.397 e. The number of hydrogen-bond donors (Lipinski definition) is 4. The van der Waals surface area contributed by atoms with E-state index in [1.165, 1.54) is 0 Å². The second kappa shape index (κ2) is 6.25. The van der Waals surface area contributed by atoms with E-state index >= 15 is 0 Å². The number of amides is 2. The van der Waals surface area contributed by atoms with Crippen molar-refractivity contribution in [3.8, 4) is 0 Å². The van der Waals surface area contributed by atoms with Gasteiger partial charge in [0.2, 0.25) is 0 Å². The van der Waals surface area contributed by atoms with E-state index in [-0.39, 0.29) is 16.1 Å². The minimum atomic E-state index is -0.658. The molecule has 7 N–H and O–H groups in total. The van der Waals surface area contributed by atoms with E-state index in [1.54, 1.807) is 0 Å². The van der Waals surface area contributed by atoms with Crippen LogP contribution >= 0.6 is 11.3 Å². The lowest BCUT2D eigenvalue weighted by Crippen LogP contribution is -2.16. The van der Waals surface area contributed by atoms with Crippen LogP contribution in [-0.4, -0.2) is 18.4 Å². The van der Waals surface area contributed by atoms with Crippen molar-refractivity contribution in [3.63, 3.8) is 0 Å². The first-order chi connectivity index (χ1) is 8.49. The third-order valence-corrected chi connectivity index (χ3v) is 3.66. The summed E-state index contributed by atoms with van der Waals surface area (Å²) in [6, 6.07) is 0. The molecule has 100 valence electrons. The molecular formula is C11H18N4O2S. The zero-order chi connectivity index (χ0) is 13.7. The third kappa shape index (κ3) is 3.13. The maximum Gasteiger partial charge on any atom is 0.260 e. The van der Waals surface area contributed by atoms with Gasteiger partial charge in [-0.15, -0.1) is 11.3 Å². The Kier molecular flexibility index (Phi) is 4.96. The summed E-state index contributed by atoms with van der Waals surface area (Å²) in [5.74, 6) is -1.31. The van der Waals surface area contributed by atoms with Crippen LogP contribution in [0.15, 0.2) is 0 Å². The summed E-state index contributed by atoms with van der Waals surface area (Å²) in [6.45, 7) is 2.80. The molecule has 0 fully saturated rings. The van der Waals surface area contributed by atoms with Gasteiger partial charge >= 0.3 is 0 Å². The van der Waals surface area contributed by atoms with Gasteiger partial charge in [-0.25, -0.2) is 0 Å². The van der Waals surface area contributed by atoms with Crippen molar-refractivity contribution in [3.05, 3.63) is 10.4 Å². The molecule has 0 saturated heterocycles. The fourth-order valence-corrected chi connectivity index (χ4v) is 2.58.